The van der Waals surface area contributed by atoms with Crippen LogP contribution < -0.4 is 9.80 Å². The second-order valence-corrected chi connectivity index (χ2v) is 13.6. The lowest BCUT2D eigenvalue weighted by atomic mass is 10.0. The highest BCUT2D eigenvalue weighted by Gasteiger charge is 2.35. The molecule has 0 spiro atoms. The predicted octanol–water partition coefficient (Wildman–Crippen LogP) is 5.04. The van der Waals surface area contributed by atoms with E-state index in [1.807, 2.05) is 35.2 Å². The summed E-state index contributed by atoms with van der Waals surface area (Å²) in [6.45, 7) is 4.56. The number of carbonyl (C=O) groups is 1. The summed E-state index contributed by atoms with van der Waals surface area (Å²) in [5.41, 5.74) is 4.78. The number of carbonyl (C=O) groups excluding carboxylic acids is 1. The number of anilines is 2. The third-order valence-corrected chi connectivity index (χ3v) is 9.40. The van der Waals surface area contributed by atoms with Crippen LogP contribution in [0.5, 0.6) is 0 Å². The van der Waals surface area contributed by atoms with Gasteiger partial charge >= 0.3 is 6.09 Å². The lowest BCUT2D eigenvalue weighted by Gasteiger charge is -2.41. The molecule has 11 heteroatoms. The van der Waals surface area contributed by atoms with Gasteiger partial charge in [0.05, 0.1) is 24.2 Å². The number of piperazine rings is 1. The highest BCUT2D eigenvalue weighted by molar-refractivity contribution is 7.90. The number of rotatable bonds is 6. The molecule has 6 rings (SSSR count). The van der Waals surface area contributed by atoms with Gasteiger partial charge < -0.3 is 19.4 Å². The van der Waals surface area contributed by atoms with E-state index in [4.69, 9.17) is 4.74 Å². The Balaban J connectivity index is 1.33. The van der Waals surface area contributed by atoms with Crippen molar-refractivity contribution >= 4 is 38.2 Å². The summed E-state index contributed by atoms with van der Waals surface area (Å²) in [7, 11) is -3.69. The van der Waals surface area contributed by atoms with Gasteiger partial charge in [-0.15, -0.1) is 0 Å². The first kappa shape index (κ1) is 30.3. The van der Waals surface area contributed by atoms with E-state index >= 15 is 0 Å². The highest BCUT2D eigenvalue weighted by Crippen LogP contribution is 2.35. The van der Waals surface area contributed by atoms with Crippen molar-refractivity contribution in [1.29, 1.82) is 5.26 Å². The van der Waals surface area contributed by atoms with E-state index in [0.29, 0.717) is 38.4 Å². The van der Waals surface area contributed by atoms with Gasteiger partial charge in [0.1, 0.15) is 12.4 Å². The topological polar surface area (TPSA) is 120 Å². The Morgan fingerprint density at radius 1 is 1.00 bits per heavy atom. The zero-order chi connectivity index (χ0) is 31.6. The molecule has 3 aromatic carbocycles. The smallest absolute Gasteiger partial charge is 0.410 e. The molecule has 1 atom stereocenters. The summed E-state index contributed by atoms with van der Waals surface area (Å²) >= 11 is 0. The second kappa shape index (κ2) is 12.7. The fourth-order valence-electron chi connectivity index (χ4n) is 6.34. The van der Waals surface area contributed by atoms with Crippen molar-refractivity contribution in [3.63, 3.8) is 0 Å². The van der Waals surface area contributed by atoms with Crippen LogP contribution in [0.4, 0.5) is 16.3 Å². The minimum Gasteiger partial charge on any atom is -0.445 e. The number of nitrogens with zero attached hydrogens (tertiary/aromatic N) is 6. The maximum Gasteiger partial charge on any atom is 0.410 e. The number of sulfone groups is 1. The van der Waals surface area contributed by atoms with Crippen molar-refractivity contribution in [3.05, 3.63) is 89.1 Å². The average Bonchev–Trinajstić information content (AvgIpc) is 3.26. The molecule has 2 aliphatic heterocycles. The Bertz CT molecular complexity index is 1870. The molecule has 1 unspecified atom stereocenters. The molecule has 0 bridgehead atoms. The van der Waals surface area contributed by atoms with Gasteiger partial charge in [0, 0.05) is 55.6 Å². The number of ether oxygens (including phenoxy) is 1. The van der Waals surface area contributed by atoms with Gasteiger partial charge in [-0.2, -0.15) is 5.26 Å². The molecular formula is C34H36N6O4S. The molecular weight excluding hydrogens is 588 g/mol. The number of nitriles is 1. The fourth-order valence-corrected chi connectivity index (χ4v) is 6.87. The number of hydrogen-bond donors (Lipinski definition) is 0. The van der Waals surface area contributed by atoms with Crippen LogP contribution >= 0.6 is 0 Å². The number of benzene rings is 3. The fraction of sp³-hybridized carbons (Fsp3) is 0.353. The SMILES string of the molecule is Cc1cccc2cccc(N3CCCc4nc(S(C)(=O)=O)nc(N5CCN(C(=O)OCc6ccccc6)C(CC#N)C5)c4C3)c12. The zero-order valence-corrected chi connectivity index (χ0v) is 26.3. The van der Waals surface area contributed by atoms with Crippen molar-refractivity contribution in [2.24, 2.45) is 0 Å². The highest BCUT2D eigenvalue weighted by atomic mass is 32.2. The first-order chi connectivity index (χ1) is 21.7. The van der Waals surface area contributed by atoms with Gasteiger partial charge in [-0.3, -0.25) is 0 Å². The molecule has 0 radical (unpaired) electrons. The molecule has 1 aromatic heterocycles. The van der Waals surface area contributed by atoms with E-state index in [1.54, 1.807) is 4.90 Å². The van der Waals surface area contributed by atoms with E-state index in [-0.39, 0.29) is 18.2 Å². The molecule has 1 saturated heterocycles. The van der Waals surface area contributed by atoms with Gasteiger partial charge in [0.15, 0.2) is 0 Å². The third-order valence-electron chi connectivity index (χ3n) is 8.55. The maximum absolute atomic E-state index is 13.2. The minimum atomic E-state index is -3.69. The summed E-state index contributed by atoms with van der Waals surface area (Å²) in [5, 5.41) is 11.8. The van der Waals surface area contributed by atoms with Crippen molar-refractivity contribution in [1.82, 2.24) is 14.9 Å². The number of aryl methyl sites for hydroxylation is 2. The predicted molar refractivity (Wildman–Crippen MR) is 173 cm³/mol. The molecule has 3 heterocycles. The number of amides is 1. The molecule has 0 N–H and O–H groups in total. The zero-order valence-electron chi connectivity index (χ0n) is 25.5. The van der Waals surface area contributed by atoms with Gasteiger partial charge in [0.25, 0.3) is 0 Å². The third kappa shape index (κ3) is 6.42. The first-order valence-corrected chi connectivity index (χ1v) is 17.0. The van der Waals surface area contributed by atoms with Crippen molar-refractivity contribution < 1.29 is 17.9 Å². The first-order valence-electron chi connectivity index (χ1n) is 15.2. The van der Waals surface area contributed by atoms with Crippen LogP contribution in [0.15, 0.2) is 71.9 Å². The molecule has 0 saturated carbocycles. The monoisotopic (exact) mass is 624 g/mol. The second-order valence-electron chi connectivity index (χ2n) is 11.7. The Labute approximate surface area is 263 Å². The van der Waals surface area contributed by atoms with Crippen molar-refractivity contribution in [3.8, 4) is 6.07 Å². The van der Waals surface area contributed by atoms with Crippen LogP contribution in [0.1, 0.15) is 35.2 Å². The van der Waals surface area contributed by atoms with Crippen LogP contribution in [0, 0.1) is 18.3 Å². The molecule has 232 valence electrons. The summed E-state index contributed by atoms with van der Waals surface area (Å²) in [5.74, 6) is 0.546. The van der Waals surface area contributed by atoms with Crippen molar-refractivity contribution in [2.45, 2.75) is 50.5 Å². The van der Waals surface area contributed by atoms with Crippen LogP contribution in [0.2, 0.25) is 0 Å². The van der Waals surface area contributed by atoms with Crippen LogP contribution in [0.3, 0.4) is 0 Å². The molecule has 1 amide bonds. The summed E-state index contributed by atoms with van der Waals surface area (Å²) in [6, 6.07) is 23.8. The largest absolute Gasteiger partial charge is 0.445 e. The van der Waals surface area contributed by atoms with E-state index in [9.17, 15) is 18.5 Å². The van der Waals surface area contributed by atoms with Gasteiger partial charge in [0.2, 0.25) is 15.0 Å². The van der Waals surface area contributed by atoms with Gasteiger partial charge in [-0.05, 0) is 42.3 Å². The average molecular weight is 625 g/mol. The minimum absolute atomic E-state index is 0.102. The van der Waals surface area contributed by atoms with Crippen LogP contribution in [0.25, 0.3) is 10.8 Å². The van der Waals surface area contributed by atoms with E-state index in [2.05, 4.69) is 64.3 Å². The summed E-state index contributed by atoms with van der Waals surface area (Å²) < 4.78 is 31.1. The summed E-state index contributed by atoms with van der Waals surface area (Å²) in [4.78, 5) is 28.3. The molecule has 0 aliphatic carbocycles. The normalized spacial score (nSPS) is 17.0. The standard InChI is InChI=1S/C34H36N6O4S/c1-24-9-6-12-26-13-7-15-30(31(24)26)38-18-8-14-29-28(22-38)32(37-33(36-29)45(2,42)43)39-19-20-40(27(21-39)16-17-35)34(41)44-23-25-10-4-3-5-11-25/h3-7,9-13,15,27H,8,14,16,18-23H2,1-2H3. The van der Waals surface area contributed by atoms with Crippen LogP contribution in [-0.4, -0.2) is 67.9 Å². The van der Waals surface area contributed by atoms with Crippen molar-refractivity contribution in [2.75, 3.05) is 42.2 Å². The lowest BCUT2D eigenvalue weighted by molar-refractivity contribution is 0.0768. The van der Waals surface area contributed by atoms with E-state index in [0.717, 1.165) is 47.1 Å². The Morgan fingerprint density at radius 2 is 1.78 bits per heavy atom. The Morgan fingerprint density at radius 3 is 2.53 bits per heavy atom. The maximum atomic E-state index is 13.2. The quantitative estimate of drug-likeness (QED) is 0.272. The number of aromatic nitrogens is 2. The van der Waals surface area contributed by atoms with Gasteiger partial charge in [-0.25, -0.2) is 23.2 Å². The molecule has 1 fully saturated rings. The number of hydrogen-bond acceptors (Lipinski definition) is 9. The molecule has 45 heavy (non-hydrogen) atoms. The van der Waals surface area contributed by atoms with E-state index in [1.165, 1.54) is 10.9 Å². The lowest BCUT2D eigenvalue weighted by Crippen LogP contribution is -2.55. The molecule has 4 aromatic rings. The number of fused-ring (bicyclic) bond motifs is 2. The van der Waals surface area contributed by atoms with E-state index < -0.39 is 22.0 Å². The Kier molecular flexibility index (Phi) is 8.59. The summed E-state index contributed by atoms with van der Waals surface area (Å²) in [6.07, 6.45) is 2.16. The van der Waals surface area contributed by atoms with Crippen LogP contribution in [-0.2, 0) is 34.1 Å². The Hall–Kier alpha value is -4.69. The van der Waals surface area contributed by atoms with Gasteiger partial charge in [-0.1, -0.05) is 60.7 Å². The molecule has 10 nitrogen and oxygen atoms in total. The molecule has 2 aliphatic rings.